The van der Waals surface area contributed by atoms with Gasteiger partial charge >= 0.3 is 0 Å². The monoisotopic (exact) mass is 382 g/mol. The summed E-state index contributed by atoms with van der Waals surface area (Å²) in [6.07, 6.45) is 1.49. The number of ether oxygens (including phenoxy) is 2. The van der Waals surface area contributed by atoms with Crippen LogP contribution in [0.2, 0.25) is 0 Å². The van der Waals surface area contributed by atoms with Crippen molar-refractivity contribution < 1.29 is 14.6 Å². The summed E-state index contributed by atoms with van der Waals surface area (Å²) in [5, 5.41) is 13.2. The third-order valence-electron chi connectivity index (χ3n) is 4.28. The van der Waals surface area contributed by atoms with Gasteiger partial charge in [0.05, 0.1) is 18.7 Å². The van der Waals surface area contributed by atoms with Gasteiger partial charge in [-0.3, -0.25) is 4.98 Å². The molecular formula is C23H30N2O3. The fourth-order valence-corrected chi connectivity index (χ4v) is 2.43. The number of benzene rings is 2. The number of hydrogen-bond acceptors (Lipinski definition) is 5. The van der Waals surface area contributed by atoms with Crippen LogP contribution in [0.25, 0.3) is 10.9 Å². The van der Waals surface area contributed by atoms with Crippen LogP contribution in [0.5, 0.6) is 17.2 Å². The third kappa shape index (κ3) is 6.22. The number of aliphatic hydroxyl groups is 1. The topological polar surface area (TPSA) is 63.6 Å². The molecule has 1 aromatic heterocycles. The number of aliphatic hydroxyl groups excluding tert-OH is 1. The first-order valence-corrected chi connectivity index (χ1v) is 9.33. The Hall–Kier alpha value is -2.63. The highest BCUT2D eigenvalue weighted by molar-refractivity contribution is 5.86. The largest absolute Gasteiger partial charge is 0.497 e. The Morgan fingerprint density at radius 1 is 1.04 bits per heavy atom. The van der Waals surface area contributed by atoms with E-state index in [0.717, 1.165) is 28.2 Å². The molecule has 1 atom stereocenters. The first-order valence-electron chi connectivity index (χ1n) is 9.33. The number of aromatic nitrogens is 1. The Bertz CT molecular complexity index is 861. The summed E-state index contributed by atoms with van der Waals surface area (Å²) in [5.74, 6) is 2.39. The van der Waals surface area contributed by atoms with Crippen molar-refractivity contribution in [1.29, 1.82) is 0 Å². The smallest absolute Gasteiger partial charge is 0.138 e. The van der Waals surface area contributed by atoms with Gasteiger partial charge in [-0.1, -0.05) is 39.0 Å². The van der Waals surface area contributed by atoms with Crippen molar-refractivity contribution in [2.24, 2.45) is 5.41 Å². The van der Waals surface area contributed by atoms with E-state index in [1.54, 1.807) is 13.3 Å². The van der Waals surface area contributed by atoms with E-state index in [1.807, 2.05) is 82.4 Å². The molecule has 0 radical (unpaired) electrons. The van der Waals surface area contributed by atoms with Gasteiger partial charge in [-0.25, -0.2) is 0 Å². The van der Waals surface area contributed by atoms with Crippen LogP contribution in [0, 0.1) is 5.41 Å². The van der Waals surface area contributed by atoms with Crippen LogP contribution < -0.4 is 14.8 Å². The standard InChI is InChI=1S/C16H13NO2.C7H17NO/c1-18-13-7-8-14-15(11-13)17-10-9-16(14)19-12-5-3-2-4-6-12;1-7(2,3)6(9)5-8-4/h2-11H,1H3;6,8-9H,5H2,1-4H3. The number of methoxy groups -OCH3 is 1. The average molecular weight is 383 g/mol. The zero-order chi connectivity index (χ0) is 20.6. The molecule has 150 valence electrons. The maximum absolute atomic E-state index is 9.32. The minimum absolute atomic E-state index is 0.00299. The SMILES string of the molecule is CNCC(O)C(C)(C)C.COc1ccc2c(Oc3ccccc3)ccnc2c1. The molecule has 0 bridgehead atoms. The molecule has 5 heteroatoms. The zero-order valence-corrected chi connectivity index (χ0v) is 17.3. The van der Waals surface area contributed by atoms with E-state index in [-0.39, 0.29) is 11.5 Å². The summed E-state index contributed by atoms with van der Waals surface area (Å²) in [4.78, 5) is 4.33. The van der Waals surface area contributed by atoms with E-state index in [1.165, 1.54) is 0 Å². The number of pyridine rings is 1. The molecule has 28 heavy (non-hydrogen) atoms. The van der Waals surface area contributed by atoms with Crippen molar-refractivity contribution in [3.05, 3.63) is 60.8 Å². The fraction of sp³-hybridized carbons (Fsp3) is 0.348. The number of nitrogens with one attached hydrogen (secondary N) is 1. The normalized spacial score (nSPS) is 12.1. The van der Waals surface area contributed by atoms with Gasteiger partial charge in [0.15, 0.2) is 0 Å². The average Bonchev–Trinajstić information content (AvgIpc) is 2.68. The Morgan fingerprint density at radius 3 is 2.32 bits per heavy atom. The Kier molecular flexibility index (Phi) is 7.79. The van der Waals surface area contributed by atoms with Crippen LogP contribution in [0.15, 0.2) is 60.8 Å². The number of rotatable bonds is 5. The number of fused-ring (bicyclic) bond motifs is 1. The molecule has 0 aliphatic rings. The van der Waals surface area contributed by atoms with Crippen LogP contribution in [-0.4, -0.2) is 36.9 Å². The second-order valence-corrected chi connectivity index (χ2v) is 7.55. The highest BCUT2D eigenvalue weighted by Crippen LogP contribution is 2.30. The molecule has 0 aliphatic carbocycles. The maximum atomic E-state index is 9.32. The number of nitrogens with zero attached hydrogens (tertiary/aromatic N) is 1. The van der Waals surface area contributed by atoms with Crippen LogP contribution in [0.4, 0.5) is 0 Å². The Labute approximate surface area is 167 Å². The van der Waals surface area contributed by atoms with Crippen molar-refractivity contribution >= 4 is 10.9 Å². The summed E-state index contributed by atoms with van der Waals surface area (Å²) in [6, 6.07) is 17.3. The molecule has 0 aliphatic heterocycles. The van der Waals surface area contributed by atoms with Gasteiger partial charge in [-0.05, 0) is 42.8 Å². The minimum atomic E-state index is -0.248. The third-order valence-corrected chi connectivity index (χ3v) is 4.28. The predicted octanol–water partition coefficient (Wildman–Crippen LogP) is 4.65. The maximum Gasteiger partial charge on any atom is 0.138 e. The first-order chi connectivity index (χ1) is 13.3. The van der Waals surface area contributed by atoms with Crippen LogP contribution in [0.3, 0.4) is 0 Å². The van der Waals surface area contributed by atoms with Gasteiger partial charge < -0.3 is 19.9 Å². The molecule has 0 saturated heterocycles. The molecule has 5 nitrogen and oxygen atoms in total. The summed E-state index contributed by atoms with van der Waals surface area (Å²) < 4.78 is 11.1. The summed E-state index contributed by atoms with van der Waals surface area (Å²) in [7, 11) is 3.49. The molecule has 2 aromatic carbocycles. The molecule has 1 unspecified atom stereocenters. The second-order valence-electron chi connectivity index (χ2n) is 7.55. The fourth-order valence-electron chi connectivity index (χ4n) is 2.43. The number of likely N-dealkylation sites (N-methyl/N-ethyl adjacent to an activating group) is 1. The number of para-hydroxylation sites is 1. The van der Waals surface area contributed by atoms with Gasteiger partial charge in [-0.15, -0.1) is 0 Å². The highest BCUT2D eigenvalue weighted by Gasteiger charge is 2.20. The molecule has 0 spiro atoms. The van der Waals surface area contributed by atoms with Crippen LogP contribution >= 0.6 is 0 Å². The predicted molar refractivity (Wildman–Crippen MR) is 114 cm³/mol. The van der Waals surface area contributed by atoms with E-state index < -0.39 is 0 Å². The Balaban J connectivity index is 0.000000266. The lowest BCUT2D eigenvalue weighted by Crippen LogP contribution is -2.34. The van der Waals surface area contributed by atoms with Crippen molar-refractivity contribution in [2.45, 2.75) is 26.9 Å². The van der Waals surface area contributed by atoms with Crippen molar-refractivity contribution in [3.63, 3.8) is 0 Å². The quantitative estimate of drug-likeness (QED) is 0.673. The van der Waals surface area contributed by atoms with E-state index in [4.69, 9.17) is 9.47 Å². The first kappa shape index (κ1) is 21.7. The molecular weight excluding hydrogens is 352 g/mol. The Morgan fingerprint density at radius 2 is 1.75 bits per heavy atom. The molecule has 3 rings (SSSR count). The van der Waals surface area contributed by atoms with Gasteiger partial charge in [0.25, 0.3) is 0 Å². The van der Waals surface area contributed by atoms with Crippen LogP contribution in [-0.2, 0) is 0 Å². The second kappa shape index (κ2) is 10.1. The minimum Gasteiger partial charge on any atom is -0.497 e. The lowest BCUT2D eigenvalue weighted by atomic mass is 9.89. The molecule has 2 N–H and O–H groups in total. The summed E-state index contributed by atoms with van der Waals surface area (Å²) in [5.41, 5.74) is 0.857. The molecule has 0 fully saturated rings. The van der Waals surface area contributed by atoms with Crippen molar-refractivity contribution in [3.8, 4) is 17.2 Å². The van der Waals surface area contributed by atoms with E-state index in [9.17, 15) is 5.11 Å². The summed E-state index contributed by atoms with van der Waals surface area (Å²) in [6.45, 7) is 6.74. The lowest BCUT2D eigenvalue weighted by Gasteiger charge is -2.25. The van der Waals surface area contributed by atoms with Crippen LogP contribution in [0.1, 0.15) is 20.8 Å². The van der Waals surface area contributed by atoms with Gasteiger partial charge in [0.1, 0.15) is 17.2 Å². The van der Waals surface area contributed by atoms with Gasteiger partial charge in [-0.2, -0.15) is 0 Å². The van der Waals surface area contributed by atoms with Crippen molar-refractivity contribution in [1.82, 2.24) is 10.3 Å². The van der Waals surface area contributed by atoms with E-state index in [0.29, 0.717) is 6.54 Å². The van der Waals surface area contributed by atoms with Gasteiger partial charge in [0.2, 0.25) is 0 Å². The lowest BCUT2D eigenvalue weighted by molar-refractivity contribution is 0.0648. The molecule has 0 amide bonds. The van der Waals surface area contributed by atoms with Gasteiger partial charge in [0, 0.05) is 24.2 Å². The molecule has 3 aromatic rings. The van der Waals surface area contributed by atoms with E-state index >= 15 is 0 Å². The molecule has 1 heterocycles. The number of hydrogen-bond donors (Lipinski definition) is 2. The van der Waals surface area contributed by atoms with E-state index in [2.05, 4.69) is 10.3 Å². The molecule has 0 saturated carbocycles. The summed E-state index contributed by atoms with van der Waals surface area (Å²) >= 11 is 0. The van der Waals surface area contributed by atoms with Crippen molar-refractivity contribution in [2.75, 3.05) is 20.7 Å². The highest BCUT2D eigenvalue weighted by atomic mass is 16.5. The zero-order valence-electron chi connectivity index (χ0n) is 17.3.